The Bertz CT molecular complexity index is 1240. The monoisotopic (exact) mass is 451 g/mol. The van der Waals surface area contributed by atoms with E-state index in [0.29, 0.717) is 29.0 Å². The van der Waals surface area contributed by atoms with Gasteiger partial charge in [-0.05, 0) is 85.6 Å². The quantitative estimate of drug-likeness (QED) is 0.484. The minimum atomic E-state index is -3.73. The fourth-order valence-electron chi connectivity index (χ4n) is 2.87. The van der Waals surface area contributed by atoms with Crippen molar-refractivity contribution in [1.29, 1.82) is 0 Å². The summed E-state index contributed by atoms with van der Waals surface area (Å²) in [4.78, 5) is 24.1. The second-order valence-corrected chi connectivity index (χ2v) is 9.04. The molecular formula is C24H25N3O4S. The summed E-state index contributed by atoms with van der Waals surface area (Å²) in [5.74, 6) is -0.422. The average molecular weight is 452 g/mol. The van der Waals surface area contributed by atoms with E-state index < -0.39 is 10.0 Å². The number of carbonyl (C=O) groups excluding carboxylic acids is 2. The second-order valence-electron chi connectivity index (χ2n) is 7.36. The molecule has 0 aromatic heterocycles. The van der Waals surface area contributed by atoms with Gasteiger partial charge in [0.15, 0.2) is 0 Å². The normalized spacial score (nSPS) is 11.0. The van der Waals surface area contributed by atoms with Crippen molar-refractivity contribution in [2.75, 3.05) is 15.4 Å². The lowest BCUT2D eigenvalue weighted by Crippen LogP contribution is -2.14. The van der Waals surface area contributed by atoms with Gasteiger partial charge in [-0.2, -0.15) is 0 Å². The van der Waals surface area contributed by atoms with Crippen molar-refractivity contribution in [3.05, 3.63) is 83.4 Å². The molecular weight excluding hydrogens is 426 g/mol. The van der Waals surface area contributed by atoms with Crippen LogP contribution in [0.25, 0.3) is 0 Å². The summed E-state index contributed by atoms with van der Waals surface area (Å²) in [6.07, 6.45) is 0.384. The number of anilines is 3. The Morgan fingerprint density at radius 1 is 0.750 bits per heavy atom. The predicted octanol–water partition coefficient (Wildman–Crippen LogP) is 4.71. The zero-order valence-electron chi connectivity index (χ0n) is 18.1. The molecule has 166 valence electrons. The molecule has 3 aromatic carbocycles. The van der Waals surface area contributed by atoms with Crippen molar-refractivity contribution < 1.29 is 18.0 Å². The maximum atomic E-state index is 12.6. The van der Waals surface area contributed by atoms with E-state index in [1.165, 1.54) is 12.1 Å². The van der Waals surface area contributed by atoms with E-state index in [9.17, 15) is 18.0 Å². The predicted molar refractivity (Wildman–Crippen MR) is 126 cm³/mol. The first-order chi connectivity index (χ1) is 15.2. The van der Waals surface area contributed by atoms with Gasteiger partial charge in [0.05, 0.1) is 4.90 Å². The van der Waals surface area contributed by atoms with Crippen LogP contribution in [0.5, 0.6) is 0 Å². The van der Waals surface area contributed by atoms with Crippen LogP contribution in [0.2, 0.25) is 0 Å². The number of hydrogen-bond donors (Lipinski definition) is 3. The van der Waals surface area contributed by atoms with Gasteiger partial charge < -0.3 is 10.6 Å². The van der Waals surface area contributed by atoms with Gasteiger partial charge in [0, 0.05) is 29.0 Å². The number of nitrogens with one attached hydrogen (secondary N) is 3. The zero-order chi connectivity index (χ0) is 23.3. The molecule has 0 aliphatic carbocycles. The van der Waals surface area contributed by atoms with E-state index in [4.69, 9.17) is 0 Å². The van der Waals surface area contributed by atoms with Crippen LogP contribution >= 0.6 is 0 Å². The van der Waals surface area contributed by atoms with Gasteiger partial charge in [0.25, 0.3) is 15.9 Å². The van der Waals surface area contributed by atoms with E-state index in [2.05, 4.69) is 15.4 Å². The van der Waals surface area contributed by atoms with Crippen molar-refractivity contribution in [1.82, 2.24) is 0 Å². The largest absolute Gasteiger partial charge is 0.326 e. The highest BCUT2D eigenvalue weighted by atomic mass is 32.2. The molecule has 0 fully saturated rings. The maximum absolute atomic E-state index is 12.6. The highest BCUT2D eigenvalue weighted by Gasteiger charge is 2.15. The minimum absolute atomic E-state index is 0.0880. The van der Waals surface area contributed by atoms with Gasteiger partial charge in [0.2, 0.25) is 5.91 Å². The van der Waals surface area contributed by atoms with Crippen molar-refractivity contribution in [2.24, 2.45) is 0 Å². The molecule has 32 heavy (non-hydrogen) atoms. The second kappa shape index (κ2) is 9.65. The Balaban J connectivity index is 1.65. The summed E-state index contributed by atoms with van der Waals surface area (Å²) in [5.41, 5.74) is 3.86. The van der Waals surface area contributed by atoms with Crippen LogP contribution in [0.4, 0.5) is 17.1 Å². The Morgan fingerprint density at radius 3 is 1.88 bits per heavy atom. The fourth-order valence-corrected chi connectivity index (χ4v) is 4.02. The molecule has 8 heteroatoms. The van der Waals surface area contributed by atoms with E-state index in [0.717, 1.165) is 11.1 Å². The first-order valence-corrected chi connectivity index (χ1v) is 11.6. The summed E-state index contributed by atoms with van der Waals surface area (Å²) >= 11 is 0. The van der Waals surface area contributed by atoms with Crippen LogP contribution in [0.1, 0.15) is 34.8 Å². The van der Waals surface area contributed by atoms with E-state index in [1.54, 1.807) is 61.5 Å². The first kappa shape index (κ1) is 23.0. The molecule has 0 saturated heterocycles. The number of aryl methyl sites for hydroxylation is 2. The highest BCUT2D eigenvalue weighted by Crippen LogP contribution is 2.20. The van der Waals surface area contributed by atoms with Crippen molar-refractivity contribution >= 4 is 38.9 Å². The van der Waals surface area contributed by atoms with Gasteiger partial charge in [-0.25, -0.2) is 8.42 Å². The molecule has 2 amide bonds. The van der Waals surface area contributed by atoms with Crippen LogP contribution in [-0.4, -0.2) is 20.2 Å². The molecule has 0 bridgehead atoms. The fraction of sp³-hybridized carbons (Fsp3) is 0.167. The Labute approximate surface area is 187 Å². The number of amides is 2. The van der Waals surface area contributed by atoms with E-state index in [-0.39, 0.29) is 16.7 Å². The molecule has 0 aliphatic rings. The number of sulfonamides is 1. The third-order valence-corrected chi connectivity index (χ3v) is 6.31. The third-order valence-electron chi connectivity index (χ3n) is 4.94. The Kier molecular flexibility index (Phi) is 6.95. The Hall–Kier alpha value is -3.65. The van der Waals surface area contributed by atoms with Crippen molar-refractivity contribution in [2.45, 2.75) is 32.1 Å². The number of carbonyl (C=O) groups is 2. The summed E-state index contributed by atoms with van der Waals surface area (Å²) in [7, 11) is -3.73. The van der Waals surface area contributed by atoms with Crippen LogP contribution in [-0.2, 0) is 14.8 Å². The van der Waals surface area contributed by atoms with Crippen molar-refractivity contribution in [3.63, 3.8) is 0 Å². The van der Waals surface area contributed by atoms with E-state index >= 15 is 0 Å². The van der Waals surface area contributed by atoms with Gasteiger partial charge in [-0.1, -0.05) is 13.0 Å². The maximum Gasteiger partial charge on any atom is 0.261 e. The standard InChI is InChI=1S/C24H25N3O4S/c1-4-23(28)25-19-10-12-20(13-11-19)26-24(29)18-6-8-21(9-7-18)27-32(30,31)22-14-5-16(2)17(3)15-22/h5-15,27H,4H2,1-3H3,(H,25,28)(H,26,29). The summed E-state index contributed by atoms with van der Waals surface area (Å²) in [6, 6.07) is 17.9. The molecule has 0 radical (unpaired) electrons. The molecule has 3 rings (SSSR count). The highest BCUT2D eigenvalue weighted by molar-refractivity contribution is 7.92. The van der Waals surface area contributed by atoms with Gasteiger partial charge >= 0.3 is 0 Å². The Morgan fingerprint density at radius 2 is 1.31 bits per heavy atom. The van der Waals surface area contributed by atoms with Gasteiger partial charge in [0.1, 0.15) is 0 Å². The lowest BCUT2D eigenvalue weighted by Gasteiger charge is -2.11. The SMILES string of the molecule is CCC(=O)Nc1ccc(NC(=O)c2ccc(NS(=O)(=O)c3ccc(C)c(C)c3)cc2)cc1. The van der Waals surface area contributed by atoms with Crippen LogP contribution in [0.15, 0.2) is 71.6 Å². The first-order valence-electron chi connectivity index (χ1n) is 10.1. The smallest absolute Gasteiger partial charge is 0.261 e. The zero-order valence-corrected chi connectivity index (χ0v) is 18.9. The molecule has 0 heterocycles. The third kappa shape index (κ3) is 5.73. The lowest BCUT2D eigenvalue weighted by atomic mass is 10.1. The van der Waals surface area contributed by atoms with Crippen LogP contribution < -0.4 is 15.4 Å². The number of rotatable bonds is 7. The molecule has 0 unspecified atom stereocenters. The van der Waals surface area contributed by atoms with Gasteiger partial charge in [-0.15, -0.1) is 0 Å². The number of benzene rings is 3. The van der Waals surface area contributed by atoms with Crippen molar-refractivity contribution in [3.8, 4) is 0 Å². The summed E-state index contributed by atoms with van der Waals surface area (Å²) in [5, 5.41) is 5.51. The average Bonchev–Trinajstić information content (AvgIpc) is 2.77. The summed E-state index contributed by atoms with van der Waals surface area (Å²) < 4.78 is 27.8. The van der Waals surface area contributed by atoms with E-state index in [1.807, 2.05) is 13.8 Å². The molecule has 0 saturated carbocycles. The van der Waals surface area contributed by atoms with Gasteiger partial charge in [-0.3, -0.25) is 14.3 Å². The summed E-state index contributed by atoms with van der Waals surface area (Å²) in [6.45, 7) is 5.54. The minimum Gasteiger partial charge on any atom is -0.326 e. The molecule has 0 aliphatic heterocycles. The molecule has 7 nitrogen and oxygen atoms in total. The molecule has 0 atom stereocenters. The lowest BCUT2D eigenvalue weighted by molar-refractivity contribution is -0.115. The van der Waals surface area contributed by atoms with Crippen LogP contribution in [0, 0.1) is 13.8 Å². The van der Waals surface area contributed by atoms with Crippen LogP contribution in [0.3, 0.4) is 0 Å². The molecule has 0 spiro atoms. The topological polar surface area (TPSA) is 104 Å². The molecule has 3 N–H and O–H groups in total. The molecule has 3 aromatic rings. The number of hydrogen-bond acceptors (Lipinski definition) is 4.